The molecular formula is C23H24N4O2. The van der Waals surface area contributed by atoms with Gasteiger partial charge in [-0.15, -0.1) is 0 Å². The Morgan fingerprint density at radius 3 is 2.69 bits per heavy atom. The van der Waals surface area contributed by atoms with Crippen molar-refractivity contribution in [3.63, 3.8) is 0 Å². The molecule has 4 heterocycles. The van der Waals surface area contributed by atoms with Crippen molar-refractivity contribution in [3.05, 3.63) is 77.6 Å². The summed E-state index contributed by atoms with van der Waals surface area (Å²) in [4.78, 5) is 26.2. The second-order valence-electron chi connectivity index (χ2n) is 8.04. The summed E-state index contributed by atoms with van der Waals surface area (Å²) in [6.45, 7) is 5.04. The highest BCUT2D eigenvalue weighted by Gasteiger charge is 2.43. The van der Waals surface area contributed by atoms with E-state index >= 15 is 0 Å². The number of carbonyl (C=O) groups is 1. The highest BCUT2D eigenvalue weighted by atomic mass is 16.3. The van der Waals surface area contributed by atoms with Crippen LogP contribution in [0.5, 0.6) is 0 Å². The summed E-state index contributed by atoms with van der Waals surface area (Å²) in [5.41, 5.74) is 3.28. The van der Waals surface area contributed by atoms with E-state index in [4.69, 9.17) is 4.42 Å². The molecule has 2 aliphatic rings. The van der Waals surface area contributed by atoms with E-state index in [1.54, 1.807) is 24.7 Å². The molecule has 2 aliphatic heterocycles. The van der Waals surface area contributed by atoms with E-state index in [0.717, 1.165) is 38.3 Å². The van der Waals surface area contributed by atoms with Crippen molar-refractivity contribution in [1.82, 2.24) is 14.9 Å². The average Bonchev–Trinajstić information content (AvgIpc) is 3.20. The number of anilines is 1. The third kappa shape index (κ3) is 3.09. The molecule has 1 fully saturated rings. The predicted octanol–water partition coefficient (Wildman–Crippen LogP) is 3.57. The Kier molecular flexibility index (Phi) is 4.34. The predicted molar refractivity (Wildman–Crippen MR) is 110 cm³/mol. The third-order valence-electron chi connectivity index (χ3n) is 6.41. The number of furan rings is 1. The van der Waals surface area contributed by atoms with Crippen LogP contribution in [0.4, 0.5) is 5.82 Å². The maximum atomic E-state index is 13.2. The van der Waals surface area contributed by atoms with E-state index in [-0.39, 0.29) is 11.3 Å². The van der Waals surface area contributed by atoms with Gasteiger partial charge in [0, 0.05) is 44.0 Å². The minimum atomic E-state index is -0.0269. The van der Waals surface area contributed by atoms with Crippen LogP contribution < -0.4 is 4.90 Å². The van der Waals surface area contributed by atoms with Gasteiger partial charge in [0.15, 0.2) is 0 Å². The van der Waals surface area contributed by atoms with Crippen molar-refractivity contribution in [3.8, 4) is 0 Å². The number of piperidine rings is 1. The Labute approximate surface area is 170 Å². The fraction of sp³-hybridized carbons (Fsp3) is 0.348. The minimum absolute atomic E-state index is 0.0269. The molecule has 0 unspecified atom stereocenters. The van der Waals surface area contributed by atoms with Gasteiger partial charge in [-0.2, -0.15) is 0 Å². The monoisotopic (exact) mass is 388 g/mol. The highest BCUT2D eigenvalue weighted by molar-refractivity contribution is 5.95. The lowest BCUT2D eigenvalue weighted by Gasteiger charge is -2.48. The fourth-order valence-corrected chi connectivity index (χ4v) is 4.85. The van der Waals surface area contributed by atoms with Gasteiger partial charge >= 0.3 is 0 Å². The van der Waals surface area contributed by atoms with Gasteiger partial charge in [-0.05, 0) is 37.0 Å². The van der Waals surface area contributed by atoms with Crippen molar-refractivity contribution < 1.29 is 9.21 Å². The van der Waals surface area contributed by atoms with Crippen molar-refractivity contribution >= 4 is 11.7 Å². The number of fused-ring (bicyclic) bond motifs is 2. The lowest BCUT2D eigenvalue weighted by atomic mass is 9.68. The largest absolute Gasteiger partial charge is 0.469 e. The van der Waals surface area contributed by atoms with Crippen LogP contribution in [0.25, 0.3) is 0 Å². The molecule has 5 rings (SSSR count). The molecule has 1 amide bonds. The molecule has 6 heteroatoms. The van der Waals surface area contributed by atoms with Crippen LogP contribution in [-0.2, 0) is 12.0 Å². The van der Waals surface area contributed by atoms with Crippen LogP contribution in [0, 0.1) is 6.92 Å². The number of hydrogen-bond acceptors (Lipinski definition) is 5. The van der Waals surface area contributed by atoms with Crippen molar-refractivity contribution in [2.75, 3.05) is 24.5 Å². The molecule has 0 bridgehead atoms. The fourth-order valence-electron chi connectivity index (χ4n) is 4.85. The quantitative estimate of drug-likeness (QED) is 0.672. The summed E-state index contributed by atoms with van der Waals surface area (Å²) in [6, 6.07) is 10.4. The number of rotatable bonds is 2. The summed E-state index contributed by atoms with van der Waals surface area (Å²) in [6.07, 6.45) is 8.82. The summed E-state index contributed by atoms with van der Waals surface area (Å²) in [5.74, 6) is 1.66. The topological polar surface area (TPSA) is 62.5 Å². The first kappa shape index (κ1) is 17.9. The Hall–Kier alpha value is -3.15. The van der Waals surface area contributed by atoms with Gasteiger partial charge in [0.2, 0.25) is 0 Å². The van der Waals surface area contributed by atoms with Crippen molar-refractivity contribution in [2.45, 2.75) is 31.7 Å². The lowest BCUT2D eigenvalue weighted by Crippen LogP contribution is -2.53. The first-order chi connectivity index (χ1) is 14.2. The molecule has 0 aliphatic carbocycles. The van der Waals surface area contributed by atoms with Gasteiger partial charge in [-0.3, -0.25) is 9.78 Å². The van der Waals surface area contributed by atoms with Crippen LogP contribution in [0.1, 0.15) is 40.1 Å². The number of nitrogens with zero attached hydrogens (tertiary/aromatic N) is 4. The molecule has 29 heavy (non-hydrogen) atoms. The van der Waals surface area contributed by atoms with Crippen molar-refractivity contribution in [1.29, 1.82) is 0 Å². The minimum Gasteiger partial charge on any atom is -0.469 e. The maximum Gasteiger partial charge on any atom is 0.257 e. The van der Waals surface area contributed by atoms with Crippen LogP contribution in [0.3, 0.4) is 0 Å². The summed E-state index contributed by atoms with van der Waals surface area (Å²) in [5, 5.41) is 0. The molecule has 2 aromatic heterocycles. The van der Waals surface area contributed by atoms with Gasteiger partial charge in [0.05, 0.1) is 18.0 Å². The maximum absolute atomic E-state index is 13.2. The number of hydrogen-bond donors (Lipinski definition) is 0. The van der Waals surface area contributed by atoms with Crippen LogP contribution in [-0.4, -0.2) is 40.4 Å². The zero-order valence-corrected chi connectivity index (χ0v) is 16.5. The van der Waals surface area contributed by atoms with E-state index in [2.05, 4.69) is 39.1 Å². The Balaban J connectivity index is 1.44. The average molecular weight is 388 g/mol. The molecule has 1 aromatic carbocycles. The third-order valence-corrected chi connectivity index (χ3v) is 6.41. The second kappa shape index (κ2) is 7.03. The first-order valence-electron chi connectivity index (χ1n) is 10.1. The smallest absolute Gasteiger partial charge is 0.257 e. The lowest BCUT2D eigenvalue weighted by molar-refractivity contribution is 0.0646. The zero-order chi connectivity index (χ0) is 19.8. The standard InChI is InChI=1S/C23H24N4O2/c1-17-19(6-13-29-17)22(28)27-15-18-4-2-3-5-20(18)23(16-27)7-11-26(12-8-23)21-14-24-9-10-25-21/h2-6,9-10,13-14H,7-8,11-12,15-16H2,1H3. The first-order valence-corrected chi connectivity index (χ1v) is 10.1. The van der Waals surface area contributed by atoms with Gasteiger partial charge in [0.1, 0.15) is 11.6 Å². The number of aryl methyl sites for hydroxylation is 1. The molecule has 1 spiro atoms. The number of benzene rings is 1. The number of carbonyl (C=O) groups excluding carboxylic acids is 1. The van der Waals surface area contributed by atoms with Gasteiger partial charge < -0.3 is 14.2 Å². The highest BCUT2D eigenvalue weighted by Crippen LogP contribution is 2.42. The van der Waals surface area contributed by atoms with E-state index in [9.17, 15) is 4.79 Å². The summed E-state index contributed by atoms with van der Waals surface area (Å²) < 4.78 is 5.38. The molecule has 0 radical (unpaired) electrons. The van der Waals surface area contributed by atoms with E-state index in [1.165, 1.54) is 11.1 Å². The van der Waals surface area contributed by atoms with Gasteiger partial charge in [0.25, 0.3) is 5.91 Å². The second-order valence-corrected chi connectivity index (χ2v) is 8.04. The number of aromatic nitrogens is 2. The van der Waals surface area contributed by atoms with E-state index in [1.807, 2.05) is 18.0 Å². The van der Waals surface area contributed by atoms with Gasteiger partial charge in [-0.1, -0.05) is 24.3 Å². The Bertz CT molecular complexity index is 1020. The molecule has 1 saturated heterocycles. The molecule has 0 atom stereocenters. The molecule has 3 aromatic rings. The molecule has 0 N–H and O–H groups in total. The molecule has 6 nitrogen and oxygen atoms in total. The zero-order valence-electron chi connectivity index (χ0n) is 16.5. The summed E-state index contributed by atoms with van der Waals surface area (Å²) >= 11 is 0. The Morgan fingerprint density at radius 1 is 1.14 bits per heavy atom. The van der Waals surface area contributed by atoms with Crippen LogP contribution in [0.2, 0.25) is 0 Å². The molecule has 0 saturated carbocycles. The summed E-state index contributed by atoms with van der Waals surface area (Å²) in [7, 11) is 0. The SMILES string of the molecule is Cc1occc1C(=O)N1Cc2ccccc2C2(CCN(c3cnccn3)CC2)C1. The Morgan fingerprint density at radius 2 is 1.97 bits per heavy atom. The normalized spacial score (nSPS) is 18.0. The van der Waals surface area contributed by atoms with E-state index in [0.29, 0.717) is 17.9 Å². The van der Waals surface area contributed by atoms with Crippen LogP contribution >= 0.6 is 0 Å². The van der Waals surface area contributed by atoms with Crippen molar-refractivity contribution in [2.24, 2.45) is 0 Å². The molecular weight excluding hydrogens is 364 g/mol. The van der Waals surface area contributed by atoms with Crippen LogP contribution in [0.15, 0.2) is 59.6 Å². The number of amides is 1. The van der Waals surface area contributed by atoms with Gasteiger partial charge in [-0.25, -0.2) is 4.98 Å². The van der Waals surface area contributed by atoms with E-state index < -0.39 is 0 Å². The molecule has 148 valence electrons.